The fraction of sp³-hybridized carbons (Fsp3) is 0.522. The summed E-state index contributed by atoms with van der Waals surface area (Å²) in [7, 11) is 0. The molecule has 2 aliphatic heterocycles. The molecule has 3 heterocycles. The van der Waals surface area contributed by atoms with Gasteiger partial charge in [0.15, 0.2) is 0 Å². The molecule has 1 aromatic heterocycles. The lowest BCUT2D eigenvalue weighted by Crippen LogP contribution is -2.52. The minimum atomic E-state index is -0.182. The van der Waals surface area contributed by atoms with Gasteiger partial charge < -0.3 is 14.4 Å². The molecule has 2 saturated heterocycles. The highest BCUT2D eigenvalue weighted by Gasteiger charge is 2.42. The van der Waals surface area contributed by atoms with Crippen molar-refractivity contribution in [2.24, 2.45) is 0 Å². The van der Waals surface area contributed by atoms with E-state index in [9.17, 15) is 4.79 Å². The summed E-state index contributed by atoms with van der Waals surface area (Å²) in [5, 5.41) is 0. The van der Waals surface area contributed by atoms with E-state index in [4.69, 9.17) is 9.47 Å². The first-order valence-electron chi connectivity index (χ1n) is 10.6. The van der Waals surface area contributed by atoms with Gasteiger partial charge in [0, 0.05) is 44.7 Å². The zero-order valence-electron chi connectivity index (χ0n) is 16.8. The molecule has 1 atom stereocenters. The lowest BCUT2D eigenvalue weighted by Gasteiger charge is -2.45. The molecule has 1 unspecified atom stereocenters. The maximum Gasteiger partial charge on any atom is 0.316 e. The normalized spacial score (nSPS) is 21.1. The Morgan fingerprint density at radius 1 is 1.14 bits per heavy atom. The second-order valence-electron chi connectivity index (χ2n) is 8.02. The van der Waals surface area contributed by atoms with Crippen molar-refractivity contribution in [3.63, 3.8) is 0 Å². The summed E-state index contributed by atoms with van der Waals surface area (Å²) in [5.41, 5.74) is 1.11. The third-order valence-corrected chi connectivity index (χ3v) is 5.99. The largest absolute Gasteiger partial charge is 0.460 e. The number of benzene rings is 1. The molecule has 0 radical (unpaired) electrons. The maximum atomic E-state index is 12.6. The van der Waals surface area contributed by atoms with E-state index in [0.29, 0.717) is 19.0 Å². The standard InChI is InChI=1S/C23H29N3O3/c27-21(9-4-8-19-6-2-1-3-7-19)26-15-11-23(12-16-26)18-20(10-17-28-23)29-22-24-13-5-14-25-22/h1-3,5-7,13-14,20H,4,8-12,15-18H2. The molecule has 1 spiro atoms. The number of piperidine rings is 1. The van der Waals surface area contributed by atoms with Crippen molar-refractivity contribution in [2.75, 3.05) is 19.7 Å². The number of hydrogen-bond donors (Lipinski definition) is 0. The molecule has 2 fully saturated rings. The van der Waals surface area contributed by atoms with Crippen LogP contribution in [0, 0.1) is 0 Å². The smallest absolute Gasteiger partial charge is 0.316 e. The van der Waals surface area contributed by atoms with Crippen LogP contribution in [0.4, 0.5) is 0 Å². The molecule has 0 aliphatic carbocycles. The van der Waals surface area contributed by atoms with E-state index in [1.165, 1.54) is 5.56 Å². The molecule has 0 saturated carbocycles. The topological polar surface area (TPSA) is 64.6 Å². The molecule has 1 aromatic carbocycles. The van der Waals surface area contributed by atoms with Crippen molar-refractivity contribution in [3.05, 3.63) is 54.4 Å². The Morgan fingerprint density at radius 2 is 1.90 bits per heavy atom. The molecular formula is C23H29N3O3. The number of rotatable bonds is 6. The van der Waals surface area contributed by atoms with Gasteiger partial charge in [0.05, 0.1) is 12.2 Å². The van der Waals surface area contributed by atoms with Crippen LogP contribution >= 0.6 is 0 Å². The Kier molecular flexibility index (Phi) is 6.39. The van der Waals surface area contributed by atoms with Crippen molar-refractivity contribution in [1.29, 1.82) is 0 Å². The minimum absolute atomic E-state index is 0.0688. The molecule has 2 aliphatic rings. The van der Waals surface area contributed by atoms with Gasteiger partial charge in [0.2, 0.25) is 5.91 Å². The predicted molar refractivity (Wildman–Crippen MR) is 110 cm³/mol. The molecule has 2 aromatic rings. The average Bonchev–Trinajstić information content (AvgIpc) is 2.76. The molecule has 6 heteroatoms. The number of carbonyl (C=O) groups is 1. The van der Waals surface area contributed by atoms with Gasteiger partial charge in [-0.2, -0.15) is 0 Å². The third-order valence-electron chi connectivity index (χ3n) is 5.99. The molecule has 154 valence electrons. The molecule has 4 rings (SSSR count). The average molecular weight is 396 g/mol. The molecular weight excluding hydrogens is 366 g/mol. The molecule has 6 nitrogen and oxygen atoms in total. The highest BCUT2D eigenvalue weighted by Crippen LogP contribution is 2.36. The SMILES string of the molecule is O=C(CCCc1ccccc1)N1CCC2(CC1)CC(Oc1ncccn1)CCO2. The monoisotopic (exact) mass is 395 g/mol. The fourth-order valence-corrected chi connectivity index (χ4v) is 4.34. The van der Waals surface area contributed by atoms with Gasteiger partial charge in [0.25, 0.3) is 0 Å². The minimum Gasteiger partial charge on any atom is -0.460 e. The second-order valence-corrected chi connectivity index (χ2v) is 8.02. The van der Waals surface area contributed by atoms with Gasteiger partial charge in [-0.05, 0) is 37.3 Å². The van der Waals surface area contributed by atoms with Gasteiger partial charge in [-0.15, -0.1) is 0 Å². The Balaban J connectivity index is 1.23. The number of aromatic nitrogens is 2. The number of nitrogens with zero attached hydrogens (tertiary/aromatic N) is 3. The summed E-state index contributed by atoms with van der Waals surface area (Å²) in [6.45, 7) is 2.21. The third kappa shape index (κ3) is 5.32. The summed E-state index contributed by atoms with van der Waals surface area (Å²) in [6, 6.07) is 12.6. The first-order valence-corrected chi connectivity index (χ1v) is 10.6. The zero-order chi connectivity index (χ0) is 19.9. The van der Waals surface area contributed by atoms with Gasteiger partial charge >= 0.3 is 6.01 Å². The summed E-state index contributed by atoms with van der Waals surface area (Å²) in [4.78, 5) is 22.9. The lowest BCUT2D eigenvalue weighted by molar-refractivity contribution is -0.152. The quantitative estimate of drug-likeness (QED) is 0.750. The maximum absolute atomic E-state index is 12.6. The van der Waals surface area contributed by atoms with Gasteiger partial charge in [-0.25, -0.2) is 9.97 Å². The van der Waals surface area contributed by atoms with Crippen molar-refractivity contribution in [3.8, 4) is 6.01 Å². The lowest BCUT2D eigenvalue weighted by atomic mass is 9.83. The highest BCUT2D eigenvalue weighted by molar-refractivity contribution is 5.76. The number of hydrogen-bond acceptors (Lipinski definition) is 5. The van der Waals surface area contributed by atoms with Crippen molar-refractivity contribution in [2.45, 2.75) is 56.7 Å². The van der Waals surface area contributed by atoms with Crippen LogP contribution < -0.4 is 4.74 Å². The van der Waals surface area contributed by atoms with Crippen LogP contribution in [0.25, 0.3) is 0 Å². The van der Waals surface area contributed by atoms with E-state index in [-0.39, 0.29) is 17.6 Å². The van der Waals surface area contributed by atoms with E-state index in [1.807, 2.05) is 23.1 Å². The molecule has 1 amide bonds. The number of carbonyl (C=O) groups excluding carboxylic acids is 1. The van der Waals surface area contributed by atoms with E-state index in [1.54, 1.807) is 18.5 Å². The molecule has 0 N–H and O–H groups in total. The zero-order valence-corrected chi connectivity index (χ0v) is 16.8. The highest BCUT2D eigenvalue weighted by atomic mass is 16.5. The Morgan fingerprint density at radius 3 is 2.66 bits per heavy atom. The van der Waals surface area contributed by atoms with Gasteiger partial charge in [0.1, 0.15) is 6.10 Å². The van der Waals surface area contributed by atoms with Crippen LogP contribution in [0.1, 0.15) is 44.1 Å². The van der Waals surface area contributed by atoms with Gasteiger partial charge in [-0.3, -0.25) is 4.79 Å². The summed E-state index contributed by atoms with van der Waals surface area (Å²) >= 11 is 0. The van der Waals surface area contributed by atoms with Crippen molar-refractivity contribution < 1.29 is 14.3 Å². The number of amides is 1. The summed E-state index contributed by atoms with van der Waals surface area (Å²) in [6.07, 6.45) is 9.34. The van der Waals surface area contributed by atoms with Crippen LogP contribution in [0.2, 0.25) is 0 Å². The molecule has 29 heavy (non-hydrogen) atoms. The number of likely N-dealkylation sites (tertiary alicyclic amines) is 1. The Bertz CT molecular complexity index is 776. The summed E-state index contributed by atoms with van der Waals surface area (Å²) in [5.74, 6) is 0.261. The Hall–Kier alpha value is -2.47. The van der Waals surface area contributed by atoms with E-state index >= 15 is 0 Å². The van der Waals surface area contributed by atoms with Crippen LogP contribution in [0.5, 0.6) is 6.01 Å². The van der Waals surface area contributed by atoms with Crippen molar-refractivity contribution >= 4 is 5.91 Å². The van der Waals surface area contributed by atoms with Crippen LogP contribution in [-0.4, -0.2) is 52.2 Å². The predicted octanol–water partition coefficient (Wildman–Crippen LogP) is 3.42. The van der Waals surface area contributed by atoms with Crippen LogP contribution in [0.15, 0.2) is 48.8 Å². The first-order chi connectivity index (χ1) is 14.2. The Labute approximate surface area is 172 Å². The van der Waals surface area contributed by atoms with Crippen molar-refractivity contribution in [1.82, 2.24) is 14.9 Å². The fourth-order valence-electron chi connectivity index (χ4n) is 4.34. The molecule has 0 bridgehead atoms. The number of aryl methyl sites for hydroxylation is 1. The first kappa shape index (κ1) is 19.8. The second kappa shape index (κ2) is 9.35. The van der Waals surface area contributed by atoms with Crippen LogP contribution in [-0.2, 0) is 16.0 Å². The summed E-state index contributed by atoms with van der Waals surface area (Å²) < 4.78 is 12.2. The van der Waals surface area contributed by atoms with E-state index in [2.05, 4.69) is 22.1 Å². The van der Waals surface area contributed by atoms with E-state index in [0.717, 1.165) is 51.6 Å². The van der Waals surface area contributed by atoms with E-state index < -0.39 is 0 Å². The van der Waals surface area contributed by atoms with Crippen LogP contribution in [0.3, 0.4) is 0 Å². The van der Waals surface area contributed by atoms with Gasteiger partial charge in [-0.1, -0.05) is 30.3 Å². The number of ether oxygens (including phenoxy) is 2.